The fraction of sp³-hybridized carbons (Fsp3) is 0.481. The van der Waals surface area contributed by atoms with E-state index in [2.05, 4.69) is 0 Å². The van der Waals surface area contributed by atoms with E-state index in [0.29, 0.717) is 31.5 Å². The number of fused-ring (bicyclic) bond motifs is 1. The number of hydrogen-bond donors (Lipinski definition) is 0. The zero-order valence-electron chi connectivity index (χ0n) is 21.5. The predicted molar refractivity (Wildman–Crippen MR) is 128 cm³/mol. The summed E-state index contributed by atoms with van der Waals surface area (Å²) in [7, 11) is 1.37. The summed E-state index contributed by atoms with van der Waals surface area (Å²) in [4.78, 5) is 30.9. The lowest BCUT2D eigenvalue weighted by Crippen LogP contribution is -2.57. The third-order valence-electron chi connectivity index (χ3n) is 7.84. The molecule has 0 aromatic heterocycles. The summed E-state index contributed by atoms with van der Waals surface area (Å²) in [5.41, 5.74) is -0.312. The third kappa shape index (κ3) is 5.07. The van der Waals surface area contributed by atoms with Gasteiger partial charge in [0.1, 0.15) is 0 Å². The highest BCUT2D eigenvalue weighted by Gasteiger charge is 2.46. The molecule has 0 N–H and O–H groups in total. The smallest absolute Gasteiger partial charge is 0.335 e. The molecule has 3 amide bonds. The molecule has 38 heavy (non-hydrogen) atoms. The number of carbonyl (C=O) groups excluding carboxylic acids is 2. The minimum Gasteiger partial charge on any atom is -0.335 e. The van der Waals surface area contributed by atoms with Gasteiger partial charge >= 0.3 is 18.4 Å². The second kappa shape index (κ2) is 9.81. The molecule has 4 rings (SSSR count). The first-order chi connectivity index (χ1) is 17.6. The molecule has 3 atom stereocenters. The number of urea groups is 1. The van der Waals surface area contributed by atoms with Crippen LogP contribution < -0.4 is 0 Å². The number of amides is 3. The van der Waals surface area contributed by atoms with Crippen LogP contribution in [0.4, 0.5) is 31.1 Å². The Labute approximate surface area is 217 Å². The summed E-state index contributed by atoms with van der Waals surface area (Å²) >= 11 is 0. The van der Waals surface area contributed by atoms with Gasteiger partial charge in [-0.1, -0.05) is 18.2 Å². The lowest BCUT2D eigenvalue weighted by Gasteiger charge is -2.47. The summed E-state index contributed by atoms with van der Waals surface area (Å²) in [6.07, 6.45) is -9.08. The molecule has 0 radical (unpaired) electrons. The van der Waals surface area contributed by atoms with E-state index in [0.717, 1.165) is 16.7 Å². The van der Waals surface area contributed by atoms with Crippen LogP contribution in [0, 0.1) is 13.8 Å². The number of piperazine rings is 1. The van der Waals surface area contributed by atoms with E-state index < -0.39 is 41.6 Å². The minimum absolute atomic E-state index is 0.00257. The first-order valence-electron chi connectivity index (χ1n) is 12.3. The molecule has 2 aliphatic heterocycles. The molecule has 0 aliphatic carbocycles. The van der Waals surface area contributed by atoms with Crippen molar-refractivity contribution in [1.82, 2.24) is 14.7 Å². The zero-order chi connectivity index (χ0) is 28.2. The zero-order valence-corrected chi connectivity index (χ0v) is 21.5. The lowest BCUT2D eigenvalue weighted by molar-refractivity contribution is -0.143. The first kappa shape index (κ1) is 27.8. The van der Waals surface area contributed by atoms with Gasteiger partial charge in [0.05, 0.1) is 29.3 Å². The molecule has 0 saturated carbocycles. The Hall–Kier alpha value is -3.24. The van der Waals surface area contributed by atoms with Crippen LogP contribution in [0.15, 0.2) is 36.4 Å². The van der Waals surface area contributed by atoms with Crippen LogP contribution in [-0.2, 0) is 17.1 Å². The molecule has 2 aromatic carbocycles. The summed E-state index contributed by atoms with van der Waals surface area (Å²) < 4.78 is 80.6. The number of halogens is 6. The van der Waals surface area contributed by atoms with E-state index in [1.807, 2.05) is 32.0 Å². The molecule has 2 aromatic rings. The second-order valence-corrected chi connectivity index (χ2v) is 10.0. The highest BCUT2D eigenvalue weighted by atomic mass is 19.4. The highest BCUT2D eigenvalue weighted by Crippen LogP contribution is 2.41. The monoisotopic (exact) mass is 541 g/mol. The van der Waals surface area contributed by atoms with Crippen molar-refractivity contribution < 1.29 is 35.9 Å². The average molecular weight is 542 g/mol. The van der Waals surface area contributed by atoms with Crippen molar-refractivity contribution in [3.05, 3.63) is 69.8 Å². The minimum atomic E-state index is -4.99. The van der Waals surface area contributed by atoms with E-state index >= 15 is 0 Å². The number of carbonyl (C=O) groups is 2. The Balaban J connectivity index is 1.71. The summed E-state index contributed by atoms with van der Waals surface area (Å²) in [5.74, 6) is 0.00257. The number of hydrogen-bond acceptors (Lipinski definition) is 2. The molecule has 0 bridgehead atoms. The lowest BCUT2D eigenvalue weighted by atomic mass is 9.89. The van der Waals surface area contributed by atoms with Crippen LogP contribution in [0.3, 0.4) is 0 Å². The molecule has 5 nitrogen and oxygen atoms in total. The van der Waals surface area contributed by atoms with Gasteiger partial charge in [-0.3, -0.25) is 4.79 Å². The topological polar surface area (TPSA) is 43.9 Å². The van der Waals surface area contributed by atoms with Gasteiger partial charge in [-0.15, -0.1) is 0 Å². The molecule has 206 valence electrons. The Morgan fingerprint density at radius 1 is 1.00 bits per heavy atom. The first-order valence-corrected chi connectivity index (χ1v) is 12.3. The van der Waals surface area contributed by atoms with E-state index in [9.17, 15) is 35.9 Å². The third-order valence-corrected chi connectivity index (χ3v) is 7.84. The van der Waals surface area contributed by atoms with E-state index in [1.165, 1.54) is 18.9 Å². The number of alkyl halides is 6. The Kier molecular flexibility index (Phi) is 7.18. The normalized spacial score (nSPS) is 20.9. The molecule has 2 fully saturated rings. The summed E-state index contributed by atoms with van der Waals surface area (Å²) in [5, 5.41) is 0. The number of rotatable bonds is 3. The van der Waals surface area contributed by atoms with Crippen molar-refractivity contribution in [2.75, 3.05) is 20.1 Å². The molecule has 2 heterocycles. The summed E-state index contributed by atoms with van der Waals surface area (Å²) in [6, 6.07) is 4.69. The van der Waals surface area contributed by atoms with Crippen LogP contribution in [0.25, 0.3) is 0 Å². The fourth-order valence-electron chi connectivity index (χ4n) is 5.43. The SMILES string of the molecule is Cc1cccc(C2[C@@H]3CCC(=O)N3CCN2C(=O)N(C)[C@H](C)c2cc(C(F)(F)F)cc(C(F)(F)F)c2)c1C. The molecule has 0 spiro atoms. The van der Waals surface area contributed by atoms with Crippen molar-refractivity contribution in [2.45, 2.75) is 64.1 Å². The maximum Gasteiger partial charge on any atom is 0.416 e. The Bertz CT molecular complexity index is 1210. The van der Waals surface area contributed by atoms with Gasteiger partial charge < -0.3 is 14.7 Å². The van der Waals surface area contributed by atoms with E-state index in [-0.39, 0.29) is 30.1 Å². The van der Waals surface area contributed by atoms with Gasteiger partial charge in [-0.2, -0.15) is 26.3 Å². The van der Waals surface area contributed by atoms with Gasteiger partial charge in [0.15, 0.2) is 0 Å². The van der Waals surface area contributed by atoms with E-state index in [1.54, 1.807) is 9.80 Å². The van der Waals surface area contributed by atoms with Gasteiger partial charge in [0.25, 0.3) is 0 Å². The fourth-order valence-corrected chi connectivity index (χ4v) is 5.43. The van der Waals surface area contributed by atoms with Crippen molar-refractivity contribution in [1.29, 1.82) is 0 Å². The van der Waals surface area contributed by atoms with Gasteiger partial charge in [-0.05, 0) is 67.6 Å². The van der Waals surface area contributed by atoms with Crippen LogP contribution in [0.2, 0.25) is 0 Å². The number of nitrogens with zero attached hydrogens (tertiary/aromatic N) is 3. The molecular formula is C27H29F6N3O2. The van der Waals surface area contributed by atoms with Gasteiger partial charge in [0.2, 0.25) is 5.91 Å². The molecule has 11 heteroatoms. The van der Waals surface area contributed by atoms with Crippen molar-refractivity contribution in [3.8, 4) is 0 Å². The van der Waals surface area contributed by atoms with Gasteiger partial charge in [0, 0.05) is 26.6 Å². The van der Waals surface area contributed by atoms with Crippen LogP contribution in [0.5, 0.6) is 0 Å². The molecule has 1 unspecified atom stereocenters. The number of benzene rings is 2. The standard InChI is InChI=1S/C27H29F6N3O2/c1-15-6-5-7-21(16(15)2)24-22-8-9-23(37)35(22)10-11-36(24)25(38)34(4)17(3)18-12-19(26(28,29)30)14-20(13-18)27(31,32)33/h5-7,12-14,17,22,24H,8-11H2,1-4H3/t17-,22+,24?/m1/s1. The average Bonchev–Trinajstić information content (AvgIpc) is 3.23. The van der Waals surface area contributed by atoms with Gasteiger partial charge in [-0.25, -0.2) is 4.79 Å². The largest absolute Gasteiger partial charge is 0.416 e. The maximum absolute atomic E-state index is 13.8. The van der Waals surface area contributed by atoms with Crippen LogP contribution in [-0.4, -0.2) is 52.8 Å². The molecule has 2 aliphatic rings. The summed E-state index contributed by atoms with van der Waals surface area (Å²) in [6.45, 7) is 5.76. The maximum atomic E-state index is 13.8. The highest BCUT2D eigenvalue weighted by molar-refractivity contribution is 5.81. The molecular weight excluding hydrogens is 512 g/mol. The molecule has 2 saturated heterocycles. The second-order valence-electron chi connectivity index (χ2n) is 10.0. The van der Waals surface area contributed by atoms with Crippen molar-refractivity contribution >= 4 is 11.9 Å². The van der Waals surface area contributed by atoms with Crippen LogP contribution in [0.1, 0.15) is 65.2 Å². The number of aryl methyl sites for hydroxylation is 1. The Morgan fingerprint density at radius 3 is 2.18 bits per heavy atom. The van der Waals surface area contributed by atoms with Crippen LogP contribution >= 0.6 is 0 Å². The quantitative estimate of drug-likeness (QED) is 0.417. The Morgan fingerprint density at radius 2 is 1.61 bits per heavy atom. The van der Waals surface area contributed by atoms with E-state index in [4.69, 9.17) is 0 Å². The van der Waals surface area contributed by atoms with Crippen molar-refractivity contribution in [2.24, 2.45) is 0 Å². The van der Waals surface area contributed by atoms with Crippen molar-refractivity contribution in [3.63, 3.8) is 0 Å². The predicted octanol–water partition coefficient (Wildman–Crippen LogP) is 6.50.